The fourth-order valence-corrected chi connectivity index (χ4v) is 5.46. The lowest BCUT2D eigenvalue weighted by molar-refractivity contribution is 0.426. The Balaban J connectivity index is 1.37. The molecule has 0 spiro atoms. The minimum Gasteiger partial charge on any atom is -0.456 e. The van der Waals surface area contributed by atoms with Gasteiger partial charge in [0.1, 0.15) is 11.2 Å². The fourth-order valence-electron chi connectivity index (χ4n) is 5.46. The molecule has 3 N–H and O–H groups in total. The van der Waals surface area contributed by atoms with Crippen LogP contribution in [0.15, 0.2) is 114 Å². The van der Waals surface area contributed by atoms with Gasteiger partial charge in [0.05, 0.1) is 6.04 Å². The second kappa shape index (κ2) is 8.13. The third-order valence-electron chi connectivity index (χ3n) is 7.16. The van der Waals surface area contributed by atoms with Gasteiger partial charge in [0.2, 0.25) is 0 Å². The van der Waals surface area contributed by atoms with Gasteiger partial charge in [-0.2, -0.15) is 0 Å². The summed E-state index contributed by atoms with van der Waals surface area (Å²) in [5, 5.41) is 24.8. The van der Waals surface area contributed by atoms with Crippen LogP contribution in [0, 0.1) is 0 Å². The van der Waals surface area contributed by atoms with Crippen LogP contribution in [-0.4, -0.2) is 17.2 Å². The van der Waals surface area contributed by atoms with E-state index >= 15 is 0 Å². The molecule has 172 valence electrons. The molecule has 0 saturated carbocycles. The van der Waals surface area contributed by atoms with Gasteiger partial charge in [-0.15, -0.1) is 0 Å². The molecule has 5 heteroatoms. The van der Waals surface area contributed by atoms with Crippen molar-refractivity contribution in [3.05, 3.63) is 120 Å². The van der Waals surface area contributed by atoms with Crippen LogP contribution in [0.3, 0.4) is 0 Å². The van der Waals surface area contributed by atoms with Gasteiger partial charge in [0.25, 0.3) is 0 Å². The minimum atomic E-state index is -1.48. The summed E-state index contributed by atoms with van der Waals surface area (Å²) in [5.41, 5.74) is 10.3. The number of nitrogens with one attached hydrogen (secondary N) is 1. The largest absolute Gasteiger partial charge is 0.488 e. The van der Waals surface area contributed by atoms with Crippen molar-refractivity contribution in [3.63, 3.8) is 0 Å². The van der Waals surface area contributed by atoms with E-state index in [2.05, 4.69) is 72.0 Å². The van der Waals surface area contributed by atoms with Crippen LogP contribution >= 0.6 is 0 Å². The first-order valence-electron chi connectivity index (χ1n) is 12.0. The molecule has 1 aliphatic carbocycles. The Bertz CT molecular complexity index is 1750. The molecule has 5 aromatic carbocycles. The zero-order chi connectivity index (χ0) is 24.2. The molecule has 4 nitrogen and oxygen atoms in total. The molecule has 7 rings (SSSR count). The Labute approximate surface area is 208 Å². The van der Waals surface area contributed by atoms with Crippen molar-refractivity contribution in [2.24, 2.45) is 0 Å². The molecule has 0 amide bonds. The number of hydrogen-bond acceptors (Lipinski definition) is 4. The highest BCUT2D eigenvalue weighted by Gasteiger charge is 2.29. The van der Waals surface area contributed by atoms with E-state index < -0.39 is 7.12 Å². The molecule has 0 fully saturated rings. The van der Waals surface area contributed by atoms with Crippen LogP contribution in [0.25, 0.3) is 44.2 Å². The van der Waals surface area contributed by atoms with Gasteiger partial charge in [0, 0.05) is 16.5 Å². The number of furan rings is 1. The van der Waals surface area contributed by atoms with Crippen molar-refractivity contribution < 1.29 is 14.5 Å². The summed E-state index contributed by atoms with van der Waals surface area (Å²) in [6.07, 6.45) is 0. The van der Waals surface area contributed by atoms with E-state index in [0.717, 1.165) is 38.8 Å². The normalized spacial score (nSPS) is 14.1. The summed E-state index contributed by atoms with van der Waals surface area (Å²) < 4.78 is 6.14. The number of para-hydroxylation sites is 1. The van der Waals surface area contributed by atoms with Crippen molar-refractivity contribution >= 4 is 40.2 Å². The van der Waals surface area contributed by atoms with E-state index in [1.807, 2.05) is 30.3 Å². The highest BCUT2D eigenvalue weighted by Crippen LogP contribution is 2.47. The van der Waals surface area contributed by atoms with Gasteiger partial charge in [0.15, 0.2) is 0 Å². The fraction of sp³-hybridized carbons (Fsp3) is 0.0323. The molecule has 0 radical (unpaired) electrons. The Morgan fingerprint density at radius 3 is 2.22 bits per heavy atom. The molecule has 6 aromatic rings. The van der Waals surface area contributed by atoms with Crippen molar-refractivity contribution in [1.29, 1.82) is 0 Å². The molecular formula is C31H22BNO3. The van der Waals surface area contributed by atoms with E-state index in [9.17, 15) is 10.0 Å². The predicted octanol–water partition coefficient (Wildman–Crippen LogP) is 6.11. The van der Waals surface area contributed by atoms with Gasteiger partial charge in [-0.25, -0.2) is 0 Å². The summed E-state index contributed by atoms with van der Waals surface area (Å²) >= 11 is 0. The van der Waals surface area contributed by atoms with Crippen LogP contribution in [0.4, 0.5) is 5.69 Å². The average molecular weight is 467 g/mol. The van der Waals surface area contributed by atoms with Crippen molar-refractivity contribution in [1.82, 2.24) is 0 Å². The zero-order valence-electron chi connectivity index (χ0n) is 19.3. The first-order valence-corrected chi connectivity index (χ1v) is 12.0. The monoisotopic (exact) mass is 467 g/mol. The number of benzene rings is 5. The lowest BCUT2D eigenvalue weighted by Gasteiger charge is -2.18. The number of rotatable bonds is 4. The topological polar surface area (TPSA) is 65.6 Å². The molecule has 1 unspecified atom stereocenters. The Morgan fingerprint density at radius 2 is 1.36 bits per heavy atom. The second-order valence-corrected chi connectivity index (χ2v) is 9.24. The predicted molar refractivity (Wildman–Crippen MR) is 146 cm³/mol. The van der Waals surface area contributed by atoms with Crippen LogP contribution in [0.1, 0.15) is 17.2 Å². The quantitative estimate of drug-likeness (QED) is 0.274. The Morgan fingerprint density at radius 1 is 0.639 bits per heavy atom. The summed E-state index contributed by atoms with van der Waals surface area (Å²) in [4.78, 5) is 0. The Hall–Kier alpha value is -4.32. The van der Waals surface area contributed by atoms with Gasteiger partial charge >= 0.3 is 7.12 Å². The standard InChI is InChI=1S/C31H22BNO3/c34-32(35)20-13-15-21(16-14-20)33-31-25-7-2-1-6-23(25)24-17-12-19(18-27(24)31)22-9-5-11-29-30(22)26-8-3-4-10-28(26)36-29/h1-18,31,33-35H. The molecule has 0 bridgehead atoms. The van der Waals surface area contributed by atoms with Crippen LogP contribution in [-0.2, 0) is 0 Å². The maximum absolute atomic E-state index is 9.45. The molecule has 0 saturated heterocycles. The summed E-state index contributed by atoms with van der Waals surface area (Å²) in [6.45, 7) is 0. The first-order chi connectivity index (χ1) is 17.7. The van der Waals surface area contributed by atoms with Crippen LogP contribution < -0.4 is 10.8 Å². The second-order valence-electron chi connectivity index (χ2n) is 9.24. The molecule has 0 aliphatic heterocycles. The molecule has 1 heterocycles. The van der Waals surface area contributed by atoms with E-state index in [0.29, 0.717) is 5.46 Å². The van der Waals surface area contributed by atoms with Crippen molar-refractivity contribution in [3.8, 4) is 22.3 Å². The third-order valence-corrected chi connectivity index (χ3v) is 7.16. The van der Waals surface area contributed by atoms with Crippen LogP contribution in [0.2, 0.25) is 0 Å². The smallest absolute Gasteiger partial charge is 0.456 e. The lowest BCUT2D eigenvalue weighted by atomic mass is 9.80. The molecule has 1 atom stereocenters. The first kappa shape index (κ1) is 21.0. The van der Waals surface area contributed by atoms with Gasteiger partial charge in [-0.1, -0.05) is 78.9 Å². The summed E-state index contributed by atoms with van der Waals surface area (Å²) in [6, 6.07) is 36.8. The van der Waals surface area contributed by atoms with E-state index in [1.165, 1.54) is 22.3 Å². The maximum Gasteiger partial charge on any atom is 0.488 e. The Kier molecular flexibility index (Phi) is 4.74. The lowest BCUT2D eigenvalue weighted by Crippen LogP contribution is -2.29. The maximum atomic E-state index is 9.45. The van der Waals surface area contributed by atoms with Crippen molar-refractivity contribution in [2.45, 2.75) is 6.04 Å². The van der Waals surface area contributed by atoms with E-state index in [1.54, 1.807) is 12.1 Å². The highest BCUT2D eigenvalue weighted by molar-refractivity contribution is 6.58. The number of fused-ring (bicyclic) bond motifs is 6. The molecule has 36 heavy (non-hydrogen) atoms. The molecule has 1 aromatic heterocycles. The third kappa shape index (κ3) is 3.25. The summed E-state index contributed by atoms with van der Waals surface area (Å²) in [5.74, 6) is 0. The van der Waals surface area contributed by atoms with Crippen LogP contribution in [0.5, 0.6) is 0 Å². The SMILES string of the molecule is OB(O)c1ccc(NC2c3ccccc3-c3ccc(-c4cccc5oc6ccccc6c45)cc32)cc1. The highest BCUT2D eigenvalue weighted by atomic mass is 16.4. The van der Waals surface area contributed by atoms with Crippen molar-refractivity contribution in [2.75, 3.05) is 5.32 Å². The van der Waals surface area contributed by atoms with Gasteiger partial charge in [-0.3, -0.25) is 0 Å². The van der Waals surface area contributed by atoms with Gasteiger partial charge < -0.3 is 19.8 Å². The zero-order valence-corrected chi connectivity index (χ0v) is 19.3. The minimum absolute atomic E-state index is 0.0265. The van der Waals surface area contributed by atoms with E-state index in [4.69, 9.17) is 4.42 Å². The molecular weight excluding hydrogens is 445 g/mol. The number of hydrogen-bond donors (Lipinski definition) is 3. The number of anilines is 1. The molecule has 1 aliphatic rings. The van der Waals surface area contributed by atoms with E-state index in [-0.39, 0.29) is 6.04 Å². The summed E-state index contributed by atoms with van der Waals surface area (Å²) in [7, 11) is -1.48. The average Bonchev–Trinajstić information content (AvgIpc) is 3.45. The van der Waals surface area contributed by atoms with Gasteiger partial charge in [-0.05, 0) is 69.2 Å².